The van der Waals surface area contributed by atoms with E-state index in [0.717, 1.165) is 11.3 Å². The monoisotopic (exact) mass is 344 g/mol. The molecule has 5 heteroatoms. The lowest BCUT2D eigenvalue weighted by atomic mass is 10.2. The molecule has 0 fully saturated rings. The normalized spacial score (nSPS) is 10.5. The molecule has 3 rings (SSSR count). The second-order valence-electron chi connectivity index (χ2n) is 5.07. The van der Waals surface area contributed by atoms with Gasteiger partial charge in [0.15, 0.2) is 0 Å². The van der Waals surface area contributed by atoms with Crippen LogP contribution in [0.4, 0.5) is 0 Å². The van der Waals surface area contributed by atoms with Gasteiger partial charge in [-0.25, -0.2) is 0 Å². The van der Waals surface area contributed by atoms with Crippen molar-refractivity contribution in [3.63, 3.8) is 0 Å². The van der Waals surface area contributed by atoms with Gasteiger partial charge >= 0.3 is 0 Å². The summed E-state index contributed by atoms with van der Waals surface area (Å²) in [5, 5.41) is 3.67. The van der Waals surface area contributed by atoms with E-state index in [1.165, 1.54) is 0 Å². The molecule has 0 saturated carbocycles. The Morgan fingerprint density at radius 3 is 2.30 bits per heavy atom. The van der Waals surface area contributed by atoms with Gasteiger partial charge in [-0.1, -0.05) is 35.3 Å². The van der Waals surface area contributed by atoms with Gasteiger partial charge in [-0.15, -0.1) is 0 Å². The first-order valence-electron chi connectivity index (χ1n) is 7.09. The fourth-order valence-electron chi connectivity index (χ4n) is 2.21. The summed E-state index contributed by atoms with van der Waals surface area (Å²) in [6, 6.07) is 16.8. The van der Waals surface area contributed by atoms with Gasteiger partial charge in [0.2, 0.25) is 0 Å². The van der Waals surface area contributed by atoms with Crippen LogP contribution in [0.2, 0.25) is 10.0 Å². The minimum absolute atomic E-state index is 0.182. The van der Waals surface area contributed by atoms with Crippen LogP contribution in [-0.4, -0.2) is 10.5 Å². The number of hydrogen-bond acceptors (Lipinski definition) is 1. The van der Waals surface area contributed by atoms with E-state index in [1.54, 1.807) is 18.2 Å². The van der Waals surface area contributed by atoms with Crippen LogP contribution in [0.1, 0.15) is 15.9 Å². The number of benzene rings is 2. The predicted octanol–water partition coefficient (Wildman–Crippen LogP) is 4.71. The highest BCUT2D eigenvalue weighted by molar-refractivity contribution is 6.42. The third-order valence-electron chi connectivity index (χ3n) is 3.47. The largest absolute Gasteiger partial charge is 0.348 e. The molecule has 116 valence electrons. The summed E-state index contributed by atoms with van der Waals surface area (Å²) < 4.78 is 2.03. The standard InChI is InChI=1S/C18H14Cl2N2O/c19-16-8-5-14(11-17(16)20)18(23)21-12-13-3-6-15(7-4-13)22-9-1-2-10-22/h1-11H,12H2,(H,21,23). The third kappa shape index (κ3) is 3.76. The van der Waals surface area contributed by atoms with Gasteiger partial charge in [-0.3, -0.25) is 4.79 Å². The van der Waals surface area contributed by atoms with E-state index in [0.29, 0.717) is 22.2 Å². The van der Waals surface area contributed by atoms with Crippen molar-refractivity contribution in [3.05, 3.63) is 88.2 Å². The smallest absolute Gasteiger partial charge is 0.251 e. The molecule has 0 unspecified atom stereocenters. The molecule has 0 radical (unpaired) electrons. The van der Waals surface area contributed by atoms with Crippen molar-refractivity contribution in [3.8, 4) is 5.69 Å². The van der Waals surface area contributed by atoms with E-state index >= 15 is 0 Å². The number of nitrogens with one attached hydrogen (secondary N) is 1. The van der Waals surface area contributed by atoms with E-state index in [9.17, 15) is 4.79 Å². The minimum atomic E-state index is -0.182. The summed E-state index contributed by atoms with van der Waals surface area (Å²) in [4.78, 5) is 12.1. The zero-order valence-corrected chi connectivity index (χ0v) is 13.7. The molecule has 0 aliphatic rings. The van der Waals surface area contributed by atoms with Crippen molar-refractivity contribution in [1.29, 1.82) is 0 Å². The van der Waals surface area contributed by atoms with Crippen LogP contribution in [0.15, 0.2) is 67.0 Å². The number of halogens is 2. The fourth-order valence-corrected chi connectivity index (χ4v) is 2.51. The molecule has 0 spiro atoms. The van der Waals surface area contributed by atoms with Crippen LogP contribution in [0.25, 0.3) is 5.69 Å². The minimum Gasteiger partial charge on any atom is -0.348 e. The first kappa shape index (κ1) is 15.7. The van der Waals surface area contributed by atoms with Crippen molar-refractivity contribution < 1.29 is 4.79 Å². The van der Waals surface area contributed by atoms with Gasteiger partial charge in [-0.2, -0.15) is 0 Å². The molecule has 3 aromatic rings. The SMILES string of the molecule is O=C(NCc1ccc(-n2cccc2)cc1)c1ccc(Cl)c(Cl)c1. The van der Waals surface area contributed by atoms with E-state index < -0.39 is 0 Å². The topological polar surface area (TPSA) is 34.0 Å². The summed E-state index contributed by atoms with van der Waals surface area (Å²) in [6.07, 6.45) is 3.97. The first-order chi connectivity index (χ1) is 11.1. The van der Waals surface area contributed by atoms with Gasteiger partial charge in [0, 0.05) is 30.2 Å². The van der Waals surface area contributed by atoms with Gasteiger partial charge in [0.25, 0.3) is 5.91 Å². The fraction of sp³-hybridized carbons (Fsp3) is 0.0556. The maximum absolute atomic E-state index is 12.1. The number of amides is 1. The molecule has 1 amide bonds. The first-order valence-corrected chi connectivity index (χ1v) is 7.84. The highest BCUT2D eigenvalue weighted by atomic mass is 35.5. The zero-order valence-electron chi connectivity index (χ0n) is 12.2. The number of carbonyl (C=O) groups excluding carboxylic acids is 1. The summed E-state index contributed by atoms with van der Waals surface area (Å²) in [5.41, 5.74) is 2.59. The zero-order chi connectivity index (χ0) is 16.2. The van der Waals surface area contributed by atoms with Gasteiger partial charge in [0.1, 0.15) is 0 Å². The summed E-state index contributed by atoms with van der Waals surface area (Å²) in [7, 11) is 0. The summed E-state index contributed by atoms with van der Waals surface area (Å²) in [5.74, 6) is -0.182. The average Bonchev–Trinajstić information content (AvgIpc) is 3.10. The van der Waals surface area contributed by atoms with Gasteiger partial charge < -0.3 is 9.88 Å². The molecule has 0 aliphatic heterocycles. The van der Waals surface area contributed by atoms with Crippen molar-refractivity contribution in [2.24, 2.45) is 0 Å². The molecule has 3 nitrogen and oxygen atoms in total. The highest BCUT2D eigenvalue weighted by Gasteiger charge is 2.07. The van der Waals surface area contributed by atoms with Crippen LogP contribution in [-0.2, 0) is 6.54 Å². The molecule has 1 heterocycles. The van der Waals surface area contributed by atoms with E-state index in [1.807, 2.05) is 53.4 Å². The maximum Gasteiger partial charge on any atom is 0.251 e. The van der Waals surface area contributed by atoms with Crippen molar-refractivity contribution >= 4 is 29.1 Å². The number of rotatable bonds is 4. The Labute approximate surface area is 144 Å². The molecular formula is C18H14Cl2N2O. The number of carbonyl (C=O) groups is 1. The second-order valence-corrected chi connectivity index (χ2v) is 5.88. The summed E-state index contributed by atoms with van der Waals surface area (Å²) >= 11 is 11.8. The Kier molecular flexibility index (Phi) is 4.70. The van der Waals surface area contributed by atoms with Crippen molar-refractivity contribution in [2.45, 2.75) is 6.54 Å². The molecule has 0 aliphatic carbocycles. The number of nitrogens with zero attached hydrogens (tertiary/aromatic N) is 1. The second kappa shape index (κ2) is 6.90. The molecule has 1 N–H and O–H groups in total. The lowest BCUT2D eigenvalue weighted by Gasteiger charge is -2.08. The lowest BCUT2D eigenvalue weighted by Crippen LogP contribution is -2.22. The predicted molar refractivity (Wildman–Crippen MR) is 93.4 cm³/mol. The van der Waals surface area contributed by atoms with E-state index in [-0.39, 0.29) is 5.91 Å². The van der Waals surface area contributed by atoms with E-state index in [4.69, 9.17) is 23.2 Å². The number of aromatic nitrogens is 1. The molecule has 1 aromatic heterocycles. The molecule has 0 saturated heterocycles. The van der Waals surface area contributed by atoms with Crippen LogP contribution in [0.3, 0.4) is 0 Å². The Morgan fingerprint density at radius 2 is 1.65 bits per heavy atom. The van der Waals surface area contributed by atoms with Crippen LogP contribution in [0, 0.1) is 0 Å². The molecule has 0 atom stereocenters. The highest BCUT2D eigenvalue weighted by Crippen LogP contribution is 2.22. The van der Waals surface area contributed by atoms with Crippen LogP contribution >= 0.6 is 23.2 Å². The van der Waals surface area contributed by atoms with Gasteiger partial charge in [-0.05, 0) is 48.0 Å². The third-order valence-corrected chi connectivity index (χ3v) is 4.21. The summed E-state index contributed by atoms with van der Waals surface area (Å²) in [6.45, 7) is 0.449. The quantitative estimate of drug-likeness (QED) is 0.730. The molecular weight excluding hydrogens is 331 g/mol. The maximum atomic E-state index is 12.1. The van der Waals surface area contributed by atoms with Crippen LogP contribution in [0.5, 0.6) is 0 Å². The Balaban J connectivity index is 1.63. The van der Waals surface area contributed by atoms with Crippen molar-refractivity contribution in [1.82, 2.24) is 9.88 Å². The molecule has 0 bridgehead atoms. The molecule has 23 heavy (non-hydrogen) atoms. The Morgan fingerprint density at radius 1 is 0.957 bits per heavy atom. The Hall–Kier alpha value is -2.23. The number of hydrogen-bond donors (Lipinski definition) is 1. The average molecular weight is 345 g/mol. The van der Waals surface area contributed by atoms with Crippen molar-refractivity contribution in [2.75, 3.05) is 0 Å². The van der Waals surface area contributed by atoms with Gasteiger partial charge in [0.05, 0.1) is 10.0 Å². The molecule has 2 aromatic carbocycles. The van der Waals surface area contributed by atoms with E-state index in [2.05, 4.69) is 5.32 Å². The van der Waals surface area contributed by atoms with Crippen LogP contribution < -0.4 is 5.32 Å². The Bertz CT molecular complexity index is 812. The lowest BCUT2D eigenvalue weighted by molar-refractivity contribution is 0.0951.